The fraction of sp³-hybridized carbons (Fsp3) is 0.412. The van der Waals surface area contributed by atoms with Crippen molar-refractivity contribution in [1.82, 2.24) is 0 Å². The second-order valence-electron chi connectivity index (χ2n) is 18.2. The molecule has 55 heavy (non-hydrogen) atoms. The van der Waals surface area contributed by atoms with Crippen LogP contribution in [0.4, 0.5) is 0 Å². The number of fused-ring (bicyclic) bond motifs is 2. The van der Waals surface area contributed by atoms with Gasteiger partial charge in [-0.1, -0.05) is 137 Å². The van der Waals surface area contributed by atoms with Crippen molar-refractivity contribution in [3.63, 3.8) is 0 Å². The van der Waals surface area contributed by atoms with Crippen LogP contribution in [-0.2, 0) is 38.9 Å². The summed E-state index contributed by atoms with van der Waals surface area (Å²) < 4.78 is 5.67. The van der Waals surface area contributed by atoms with Crippen LogP contribution in [0.2, 0.25) is 12.6 Å². The van der Waals surface area contributed by atoms with Gasteiger partial charge in [-0.05, 0) is 35.8 Å². The van der Waals surface area contributed by atoms with E-state index in [4.69, 9.17) is 4.74 Å². The predicted molar refractivity (Wildman–Crippen MR) is 237 cm³/mol. The number of ether oxygens (including phenoxy) is 1. The molecule has 0 N–H and O–H groups in total. The van der Waals surface area contributed by atoms with Crippen LogP contribution in [0.1, 0.15) is 110 Å². The van der Waals surface area contributed by atoms with Gasteiger partial charge >= 0.3 is 105 Å². The number of rotatable bonds is 9. The first kappa shape index (κ1) is 46.8. The van der Waals surface area contributed by atoms with Gasteiger partial charge in [0.1, 0.15) is 0 Å². The second-order valence-corrected chi connectivity index (χ2v) is 26.6. The van der Waals surface area contributed by atoms with Gasteiger partial charge in [-0.25, -0.2) is 0 Å². The number of aryl methyl sites for hydroxylation is 2. The van der Waals surface area contributed by atoms with Crippen molar-refractivity contribution in [3.8, 4) is 22.3 Å². The van der Waals surface area contributed by atoms with E-state index in [0.29, 0.717) is 0 Å². The third kappa shape index (κ3) is 14.7. The first-order valence-corrected chi connectivity index (χ1v) is 25.9. The Hall–Kier alpha value is -2.55. The van der Waals surface area contributed by atoms with Crippen LogP contribution in [0.5, 0.6) is 0 Å². The molecule has 0 amide bonds. The van der Waals surface area contributed by atoms with E-state index in [1.807, 2.05) is 0 Å². The molecule has 294 valence electrons. The molecule has 0 unspecified atom stereocenters. The van der Waals surface area contributed by atoms with Gasteiger partial charge in [0.2, 0.25) is 0 Å². The normalized spacial score (nSPS) is 11.7. The van der Waals surface area contributed by atoms with Crippen molar-refractivity contribution in [2.24, 2.45) is 0 Å². The van der Waals surface area contributed by atoms with Crippen molar-refractivity contribution < 1.29 is 40.5 Å². The molecule has 6 rings (SSSR count). The van der Waals surface area contributed by atoms with Gasteiger partial charge < -0.3 is 12.4 Å². The van der Waals surface area contributed by atoms with Gasteiger partial charge in [0.05, 0.1) is 0 Å². The molecule has 0 heterocycles. The van der Waals surface area contributed by atoms with E-state index in [1.165, 1.54) is 97.8 Å². The zero-order valence-electron chi connectivity index (χ0n) is 35.9. The summed E-state index contributed by atoms with van der Waals surface area (Å²) >= 11 is 1.79. The fourth-order valence-corrected chi connectivity index (χ4v) is 8.83. The number of halogens is 1. The molecular formula is C51H66ClOSiZr-3. The Balaban J connectivity index is 0.000000224. The molecule has 0 aromatic heterocycles. The van der Waals surface area contributed by atoms with E-state index < -0.39 is 0 Å². The monoisotopic (exact) mass is 847 g/mol. The second kappa shape index (κ2) is 20.7. The van der Waals surface area contributed by atoms with E-state index in [9.17, 15) is 0 Å². The maximum Gasteiger partial charge on any atom is -0.0132 e. The maximum atomic E-state index is 5.67. The summed E-state index contributed by atoms with van der Waals surface area (Å²) in [6.45, 7) is 27.7. The molecule has 0 fully saturated rings. The summed E-state index contributed by atoms with van der Waals surface area (Å²) in [4.78, 5) is 0. The number of unbranched alkanes of at least 4 members (excludes halogenated alkanes) is 3. The van der Waals surface area contributed by atoms with Crippen LogP contribution in [0.25, 0.3) is 43.8 Å². The molecule has 4 heteroatoms. The smallest absolute Gasteiger partial charge is 0.0132 e. The Morgan fingerprint density at radius 1 is 0.564 bits per heavy atom. The van der Waals surface area contributed by atoms with Crippen molar-refractivity contribution in [3.05, 3.63) is 131 Å². The van der Waals surface area contributed by atoms with Crippen LogP contribution < -0.4 is 12.4 Å². The van der Waals surface area contributed by atoms with Crippen LogP contribution in [0.15, 0.2) is 109 Å². The summed E-state index contributed by atoms with van der Waals surface area (Å²) in [5.74, 6) is 0. The van der Waals surface area contributed by atoms with E-state index in [-0.39, 0.29) is 34.3 Å². The maximum absolute atomic E-state index is 5.67. The Morgan fingerprint density at radius 2 is 0.982 bits per heavy atom. The van der Waals surface area contributed by atoms with Crippen LogP contribution in [-0.4, -0.2) is 17.6 Å². The third-order valence-electron chi connectivity index (χ3n) is 10.0. The Morgan fingerprint density at radius 3 is 1.35 bits per heavy atom. The summed E-state index contributed by atoms with van der Waals surface area (Å²) in [5, 5.41) is 5.28. The van der Waals surface area contributed by atoms with Crippen molar-refractivity contribution in [2.45, 2.75) is 131 Å². The topological polar surface area (TPSA) is 9.23 Å². The third-order valence-corrected chi connectivity index (χ3v) is 13.0. The largest absolute Gasteiger partial charge is 1.00 e. The number of hydrogen-bond acceptors (Lipinski definition) is 1. The van der Waals surface area contributed by atoms with Gasteiger partial charge in [-0.15, -0.1) is 69.1 Å². The van der Waals surface area contributed by atoms with Crippen molar-refractivity contribution in [2.75, 3.05) is 6.61 Å². The molecular weight excluding hydrogens is 783 g/mol. The van der Waals surface area contributed by atoms with E-state index in [0.717, 1.165) is 6.61 Å². The SMILES string of the molecule is C[Si](=[Zr])CCCCCCOC(C)(C)C.Cc1cc(C(C)(C)C)ccc1-c1cc2ccccc2[cH-]1.Cc1cc(C(C)(C)C)ccc1-c1cc2ccccc2[cH-]1.[Cl-]. The predicted octanol–water partition coefficient (Wildman–Crippen LogP) is 12.2. The number of hydrogen-bond donors (Lipinski definition) is 0. The quantitative estimate of drug-likeness (QED) is 0.0800. The molecule has 6 aromatic rings. The Kier molecular flexibility index (Phi) is 17.7. The fourth-order valence-electron chi connectivity index (χ4n) is 6.74. The average molecular weight is 850 g/mol. The van der Waals surface area contributed by atoms with Gasteiger partial charge in [-0.3, -0.25) is 0 Å². The summed E-state index contributed by atoms with van der Waals surface area (Å²) in [6, 6.07) is 41.5. The average Bonchev–Trinajstić information content (AvgIpc) is 3.71. The first-order chi connectivity index (χ1) is 25.3. The van der Waals surface area contributed by atoms with Crippen LogP contribution >= 0.6 is 0 Å². The standard InChI is InChI=1S/2C20H21.C11H24OSi.ClH.Zr/c2*1-14-11-18(20(2,3)4)9-10-19(14)17-12-15-7-5-6-8-16(15)13-17;1-11(2,3)12-9-7-5-6-8-10-13-4;;/h2*5-13H,1-4H3;5-10H2,1-4H3;1H;/q2*-1;;;/p-1. The van der Waals surface area contributed by atoms with E-state index in [2.05, 4.69) is 192 Å². The van der Waals surface area contributed by atoms with Crippen molar-refractivity contribution in [1.29, 1.82) is 0 Å². The molecule has 0 spiro atoms. The van der Waals surface area contributed by atoms with E-state index in [1.54, 1.807) is 23.3 Å². The van der Waals surface area contributed by atoms with Gasteiger partial charge in [0.25, 0.3) is 0 Å². The molecule has 0 atom stereocenters. The van der Waals surface area contributed by atoms with Crippen molar-refractivity contribution >= 4 is 27.0 Å². The van der Waals surface area contributed by atoms with Gasteiger partial charge in [0.15, 0.2) is 0 Å². The molecule has 0 aliphatic rings. The summed E-state index contributed by atoms with van der Waals surface area (Å²) in [5.41, 5.74) is 11.4. The molecule has 0 radical (unpaired) electrons. The van der Waals surface area contributed by atoms with Crippen LogP contribution in [0.3, 0.4) is 0 Å². The molecule has 0 aliphatic carbocycles. The van der Waals surface area contributed by atoms with Gasteiger partial charge in [-0.2, -0.15) is 0 Å². The minimum Gasteiger partial charge on any atom is -1.00 e. The Labute approximate surface area is 356 Å². The minimum absolute atomic E-state index is 0. The first-order valence-electron chi connectivity index (χ1n) is 20.0. The van der Waals surface area contributed by atoms with Gasteiger partial charge in [0, 0.05) is 0 Å². The molecule has 0 saturated carbocycles. The Bertz CT molecular complexity index is 1910. The summed E-state index contributed by atoms with van der Waals surface area (Å²) in [6.07, 6.45) is 5.44. The number of benzene rings is 4. The molecule has 6 aromatic carbocycles. The minimum atomic E-state index is 0. The van der Waals surface area contributed by atoms with E-state index >= 15 is 0 Å². The molecule has 0 saturated heterocycles. The molecule has 0 bridgehead atoms. The zero-order chi connectivity index (χ0) is 39.7. The van der Waals surface area contributed by atoms with Crippen LogP contribution in [0, 0.1) is 13.8 Å². The molecule has 0 aliphatic heterocycles. The summed E-state index contributed by atoms with van der Waals surface area (Å²) in [7, 11) is 0. The molecule has 1 nitrogen and oxygen atoms in total. The zero-order valence-corrected chi connectivity index (χ0v) is 40.1.